The highest BCUT2D eigenvalue weighted by Gasteiger charge is 2.14. The van der Waals surface area contributed by atoms with Crippen LogP contribution in [-0.4, -0.2) is 20.1 Å². The molecule has 0 radical (unpaired) electrons. The largest absolute Gasteiger partial charge is 0.268 e. The lowest BCUT2D eigenvalue weighted by Crippen LogP contribution is -2.32. The molecule has 0 aliphatic rings. The molecule has 0 aliphatic carbocycles. The van der Waals surface area contributed by atoms with E-state index < -0.39 is 15.9 Å². The summed E-state index contributed by atoms with van der Waals surface area (Å²) in [6.07, 6.45) is 0.473. The van der Waals surface area contributed by atoms with Crippen LogP contribution < -0.4 is 4.72 Å². The van der Waals surface area contributed by atoms with Crippen molar-refractivity contribution in [1.82, 2.24) is 4.72 Å². The molecule has 0 spiro atoms. The van der Waals surface area contributed by atoms with Crippen LogP contribution in [0.1, 0.15) is 23.7 Å². The first-order chi connectivity index (χ1) is 7.44. The van der Waals surface area contributed by atoms with Crippen molar-refractivity contribution in [3.8, 4) is 0 Å². The summed E-state index contributed by atoms with van der Waals surface area (Å²) in [6, 6.07) is 6.56. The molecule has 0 aliphatic heterocycles. The Morgan fingerprint density at radius 1 is 1.44 bits per heavy atom. The van der Waals surface area contributed by atoms with Gasteiger partial charge in [-0.2, -0.15) is 0 Å². The second kappa shape index (κ2) is 5.45. The number of amides is 1. The second-order valence-electron chi connectivity index (χ2n) is 3.26. The van der Waals surface area contributed by atoms with Crippen molar-refractivity contribution >= 4 is 31.9 Å². The Bertz CT molecular complexity index is 485. The number of carbonyl (C=O) groups excluding carboxylic acids is 1. The SMILES string of the molecule is CCCS(=O)(=O)NC(=O)c1cccc(Br)c1. The van der Waals surface area contributed by atoms with Gasteiger partial charge in [-0.3, -0.25) is 4.79 Å². The normalized spacial score (nSPS) is 11.1. The minimum atomic E-state index is -3.51. The van der Waals surface area contributed by atoms with E-state index in [0.717, 1.165) is 4.47 Å². The Labute approximate surface area is 103 Å². The Morgan fingerprint density at radius 2 is 2.12 bits per heavy atom. The minimum Gasteiger partial charge on any atom is -0.268 e. The monoisotopic (exact) mass is 305 g/mol. The number of nitrogens with one attached hydrogen (secondary N) is 1. The van der Waals surface area contributed by atoms with Crippen molar-refractivity contribution in [2.24, 2.45) is 0 Å². The topological polar surface area (TPSA) is 63.2 Å². The van der Waals surface area contributed by atoms with Crippen LogP contribution in [0.2, 0.25) is 0 Å². The van der Waals surface area contributed by atoms with E-state index in [0.29, 0.717) is 12.0 Å². The highest BCUT2D eigenvalue weighted by atomic mass is 79.9. The summed E-state index contributed by atoms with van der Waals surface area (Å²) in [5, 5.41) is 0. The maximum atomic E-state index is 11.6. The summed E-state index contributed by atoms with van der Waals surface area (Å²) >= 11 is 3.21. The molecular formula is C10H12BrNO3S. The number of hydrogen-bond acceptors (Lipinski definition) is 3. The summed E-state index contributed by atoms with van der Waals surface area (Å²) < 4.78 is 25.5. The molecule has 88 valence electrons. The molecule has 0 atom stereocenters. The van der Waals surface area contributed by atoms with Gasteiger partial charge in [0.25, 0.3) is 5.91 Å². The van der Waals surface area contributed by atoms with Gasteiger partial charge in [0, 0.05) is 10.0 Å². The summed E-state index contributed by atoms with van der Waals surface area (Å²) in [5.41, 5.74) is 0.314. The Morgan fingerprint density at radius 3 is 2.69 bits per heavy atom. The zero-order chi connectivity index (χ0) is 12.2. The number of sulfonamides is 1. The number of halogens is 1. The fourth-order valence-electron chi connectivity index (χ4n) is 1.15. The lowest BCUT2D eigenvalue weighted by Gasteiger charge is -2.05. The van der Waals surface area contributed by atoms with E-state index in [2.05, 4.69) is 15.9 Å². The molecule has 1 rings (SSSR count). The quantitative estimate of drug-likeness (QED) is 0.924. The molecule has 0 unspecified atom stereocenters. The van der Waals surface area contributed by atoms with Crippen LogP contribution in [0.3, 0.4) is 0 Å². The van der Waals surface area contributed by atoms with E-state index in [1.165, 1.54) is 0 Å². The molecule has 6 heteroatoms. The van der Waals surface area contributed by atoms with Crippen molar-refractivity contribution in [3.63, 3.8) is 0 Å². The van der Waals surface area contributed by atoms with Gasteiger partial charge in [0.15, 0.2) is 0 Å². The van der Waals surface area contributed by atoms with Gasteiger partial charge in [0.2, 0.25) is 10.0 Å². The third-order valence-electron chi connectivity index (χ3n) is 1.81. The molecular weight excluding hydrogens is 294 g/mol. The summed E-state index contributed by atoms with van der Waals surface area (Å²) in [5.74, 6) is -0.651. The Balaban J connectivity index is 2.81. The first kappa shape index (κ1) is 13.2. The van der Waals surface area contributed by atoms with E-state index in [1.807, 2.05) is 4.72 Å². The van der Waals surface area contributed by atoms with Crippen LogP contribution >= 0.6 is 15.9 Å². The molecule has 1 amide bonds. The zero-order valence-corrected chi connectivity index (χ0v) is 11.1. The summed E-state index contributed by atoms with van der Waals surface area (Å²) in [7, 11) is -3.51. The lowest BCUT2D eigenvalue weighted by molar-refractivity contribution is 0.0981. The van der Waals surface area contributed by atoms with E-state index in [9.17, 15) is 13.2 Å². The standard InChI is InChI=1S/C10H12BrNO3S/c1-2-6-16(14,15)12-10(13)8-4-3-5-9(11)7-8/h3-5,7H,2,6H2,1H3,(H,12,13). The summed E-state index contributed by atoms with van der Waals surface area (Å²) in [6.45, 7) is 1.74. The molecule has 0 fully saturated rings. The highest BCUT2D eigenvalue weighted by Crippen LogP contribution is 2.11. The molecule has 4 nitrogen and oxygen atoms in total. The van der Waals surface area contributed by atoms with Crippen LogP contribution in [0.4, 0.5) is 0 Å². The van der Waals surface area contributed by atoms with Gasteiger partial charge in [-0.15, -0.1) is 0 Å². The molecule has 0 aromatic heterocycles. The van der Waals surface area contributed by atoms with Crippen LogP contribution in [0.5, 0.6) is 0 Å². The van der Waals surface area contributed by atoms with Gasteiger partial charge in [-0.05, 0) is 24.6 Å². The van der Waals surface area contributed by atoms with E-state index in [-0.39, 0.29) is 5.75 Å². The van der Waals surface area contributed by atoms with Gasteiger partial charge < -0.3 is 0 Å². The van der Waals surface area contributed by atoms with E-state index in [1.54, 1.807) is 31.2 Å². The maximum absolute atomic E-state index is 11.6. The van der Waals surface area contributed by atoms with Crippen molar-refractivity contribution in [1.29, 1.82) is 0 Å². The fourth-order valence-corrected chi connectivity index (χ4v) is 2.59. The first-order valence-electron chi connectivity index (χ1n) is 4.75. The zero-order valence-electron chi connectivity index (χ0n) is 8.73. The predicted molar refractivity (Wildman–Crippen MR) is 65.7 cm³/mol. The minimum absolute atomic E-state index is 0.0489. The number of rotatable bonds is 4. The predicted octanol–water partition coefficient (Wildman–Crippen LogP) is 1.92. The van der Waals surface area contributed by atoms with Crippen LogP contribution in [0.15, 0.2) is 28.7 Å². The van der Waals surface area contributed by atoms with Gasteiger partial charge in [-0.1, -0.05) is 28.9 Å². The third-order valence-corrected chi connectivity index (χ3v) is 3.74. The van der Waals surface area contributed by atoms with E-state index >= 15 is 0 Å². The molecule has 1 aromatic carbocycles. The first-order valence-corrected chi connectivity index (χ1v) is 7.19. The van der Waals surface area contributed by atoms with Crippen LogP contribution in [0, 0.1) is 0 Å². The molecule has 0 heterocycles. The van der Waals surface area contributed by atoms with Crippen molar-refractivity contribution in [3.05, 3.63) is 34.3 Å². The fraction of sp³-hybridized carbons (Fsp3) is 0.300. The average Bonchev–Trinajstić information content (AvgIpc) is 2.16. The summed E-state index contributed by atoms with van der Waals surface area (Å²) in [4.78, 5) is 11.6. The molecule has 1 N–H and O–H groups in total. The Hall–Kier alpha value is -0.880. The Kier molecular flexibility index (Phi) is 4.49. The molecule has 0 bridgehead atoms. The second-order valence-corrected chi connectivity index (χ2v) is 6.02. The highest BCUT2D eigenvalue weighted by molar-refractivity contribution is 9.10. The molecule has 16 heavy (non-hydrogen) atoms. The van der Waals surface area contributed by atoms with E-state index in [4.69, 9.17) is 0 Å². The smallest absolute Gasteiger partial charge is 0.264 e. The van der Waals surface area contributed by atoms with Crippen LogP contribution in [0.25, 0.3) is 0 Å². The third kappa shape index (κ3) is 3.94. The van der Waals surface area contributed by atoms with Crippen molar-refractivity contribution in [2.75, 3.05) is 5.75 Å². The van der Waals surface area contributed by atoms with Gasteiger partial charge in [-0.25, -0.2) is 13.1 Å². The number of hydrogen-bond donors (Lipinski definition) is 1. The lowest BCUT2D eigenvalue weighted by atomic mass is 10.2. The van der Waals surface area contributed by atoms with Crippen molar-refractivity contribution in [2.45, 2.75) is 13.3 Å². The molecule has 0 saturated carbocycles. The molecule has 0 saturated heterocycles. The average molecular weight is 306 g/mol. The van der Waals surface area contributed by atoms with Gasteiger partial charge >= 0.3 is 0 Å². The van der Waals surface area contributed by atoms with Gasteiger partial charge in [0.05, 0.1) is 5.75 Å². The number of benzene rings is 1. The number of carbonyl (C=O) groups is 1. The van der Waals surface area contributed by atoms with Gasteiger partial charge in [0.1, 0.15) is 0 Å². The maximum Gasteiger partial charge on any atom is 0.264 e. The molecule has 1 aromatic rings. The van der Waals surface area contributed by atoms with Crippen molar-refractivity contribution < 1.29 is 13.2 Å². The van der Waals surface area contributed by atoms with Crippen LogP contribution in [-0.2, 0) is 10.0 Å².